The van der Waals surface area contributed by atoms with E-state index in [0.29, 0.717) is 29.9 Å². The van der Waals surface area contributed by atoms with E-state index in [0.717, 1.165) is 40.6 Å². The summed E-state index contributed by atoms with van der Waals surface area (Å²) in [4.78, 5) is 35.7. The molecule has 0 radical (unpaired) electrons. The number of para-hydroxylation sites is 2. The summed E-state index contributed by atoms with van der Waals surface area (Å²) in [6, 6.07) is 13.3. The Morgan fingerprint density at radius 1 is 1.28 bits per heavy atom. The van der Waals surface area contributed by atoms with E-state index in [9.17, 15) is 9.59 Å². The first kappa shape index (κ1) is 20.3. The Labute approximate surface area is 185 Å². The lowest BCUT2D eigenvalue weighted by Crippen LogP contribution is -2.31. The Morgan fingerprint density at radius 2 is 2.12 bits per heavy atom. The Kier molecular flexibility index (Phi) is 5.17. The summed E-state index contributed by atoms with van der Waals surface area (Å²) in [7, 11) is 1.57. The average molecular weight is 431 g/mol. The van der Waals surface area contributed by atoms with Gasteiger partial charge in [-0.25, -0.2) is 9.78 Å². The van der Waals surface area contributed by atoms with E-state index in [1.807, 2.05) is 48.2 Å². The number of amides is 1. The normalized spacial score (nSPS) is 16.2. The lowest BCUT2D eigenvalue weighted by molar-refractivity contribution is -0.132. The van der Waals surface area contributed by atoms with Crippen LogP contribution in [0.2, 0.25) is 0 Å². The van der Waals surface area contributed by atoms with Gasteiger partial charge in [0, 0.05) is 30.0 Å². The molecule has 2 aromatic heterocycles. The summed E-state index contributed by atoms with van der Waals surface area (Å²) in [5, 5.41) is 0.856. The molecule has 4 aromatic rings. The molecule has 7 heteroatoms. The molecule has 1 saturated heterocycles. The Balaban J connectivity index is 1.36. The molecule has 1 unspecified atom stereocenters. The maximum absolute atomic E-state index is 13.1. The molecule has 0 bridgehead atoms. The third-order valence-electron chi connectivity index (χ3n) is 6.38. The van der Waals surface area contributed by atoms with Crippen LogP contribution in [0.1, 0.15) is 42.3 Å². The Bertz CT molecular complexity index is 1340. The van der Waals surface area contributed by atoms with Gasteiger partial charge in [-0.05, 0) is 56.0 Å². The number of carbonyl (C=O) groups is 1. The van der Waals surface area contributed by atoms with Gasteiger partial charge in [-0.1, -0.05) is 12.1 Å². The standard InChI is InChI=1S/C25H25N3O4/c1-15-17-10-9-16(31-2)14-22(17)32-25(30)18(15)11-12-23(29)28-13-5-8-21(28)24-26-19-6-3-4-7-20(19)27-24/h3-4,6-7,9-10,14,21H,5,8,11-13H2,1-2H3,(H,26,27). The first-order chi connectivity index (χ1) is 15.5. The maximum atomic E-state index is 13.1. The third-order valence-corrected chi connectivity index (χ3v) is 6.38. The van der Waals surface area contributed by atoms with Crippen LogP contribution in [0.3, 0.4) is 0 Å². The van der Waals surface area contributed by atoms with Gasteiger partial charge in [-0.2, -0.15) is 0 Å². The molecule has 5 rings (SSSR count). The third kappa shape index (κ3) is 3.53. The first-order valence-corrected chi connectivity index (χ1v) is 10.9. The molecule has 1 aliphatic rings. The molecule has 7 nitrogen and oxygen atoms in total. The number of H-pyrrole nitrogens is 1. The molecule has 1 fully saturated rings. The van der Waals surface area contributed by atoms with E-state index in [2.05, 4.69) is 4.98 Å². The largest absolute Gasteiger partial charge is 0.497 e. The molecular formula is C25H25N3O4. The zero-order valence-electron chi connectivity index (χ0n) is 18.2. The summed E-state index contributed by atoms with van der Waals surface area (Å²) in [5.74, 6) is 1.49. The number of rotatable bonds is 5. The highest BCUT2D eigenvalue weighted by molar-refractivity contribution is 5.83. The van der Waals surface area contributed by atoms with Crippen LogP contribution >= 0.6 is 0 Å². The Morgan fingerprint density at radius 3 is 2.94 bits per heavy atom. The number of hydrogen-bond donors (Lipinski definition) is 1. The van der Waals surface area contributed by atoms with Crippen molar-refractivity contribution in [2.45, 2.75) is 38.6 Å². The number of aromatic amines is 1. The molecule has 0 aliphatic carbocycles. The minimum absolute atomic E-state index is 0.0292. The monoisotopic (exact) mass is 431 g/mol. The highest BCUT2D eigenvalue weighted by Crippen LogP contribution is 2.32. The predicted octanol–water partition coefficient (Wildman–Crippen LogP) is 4.28. The van der Waals surface area contributed by atoms with E-state index in [1.54, 1.807) is 13.2 Å². The van der Waals surface area contributed by atoms with Crippen LogP contribution in [0.4, 0.5) is 0 Å². The van der Waals surface area contributed by atoms with Gasteiger partial charge in [0.25, 0.3) is 0 Å². The van der Waals surface area contributed by atoms with Crippen LogP contribution in [-0.4, -0.2) is 34.4 Å². The quantitative estimate of drug-likeness (QED) is 0.477. The SMILES string of the molecule is COc1ccc2c(C)c(CCC(=O)N3CCCC3c3nc4ccccc4[nH]3)c(=O)oc2c1. The lowest BCUT2D eigenvalue weighted by atomic mass is 10.0. The van der Waals surface area contributed by atoms with Crippen LogP contribution in [0.5, 0.6) is 5.75 Å². The highest BCUT2D eigenvalue weighted by Gasteiger charge is 2.32. The molecule has 3 heterocycles. The fourth-order valence-electron chi connectivity index (χ4n) is 4.65. The second-order valence-electron chi connectivity index (χ2n) is 8.24. The van der Waals surface area contributed by atoms with Gasteiger partial charge in [0.1, 0.15) is 17.2 Å². The topological polar surface area (TPSA) is 88.4 Å². The number of ether oxygens (including phenoxy) is 1. The van der Waals surface area contributed by atoms with Crippen molar-refractivity contribution < 1.29 is 13.9 Å². The average Bonchev–Trinajstić information content (AvgIpc) is 3.45. The lowest BCUT2D eigenvalue weighted by Gasteiger charge is -2.23. The summed E-state index contributed by atoms with van der Waals surface area (Å²) in [6.45, 7) is 2.60. The number of hydrogen-bond acceptors (Lipinski definition) is 5. The number of imidazole rings is 1. The van der Waals surface area contributed by atoms with Gasteiger partial charge in [0.05, 0.1) is 24.2 Å². The number of nitrogens with one attached hydrogen (secondary N) is 1. The molecule has 0 saturated carbocycles. The second kappa shape index (κ2) is 8.15. The van der Waals surface area contributed by atoms with Crippen LogP contribution in [0, 0.1) is 6.92 Å². The van der Waals surface area contributed by atoms with Crippen LogP contribution < -0.4 is 10.4 Å². The molecule has 1 N–H and O–H groups in total. The van der Waals surface area contributed by atoms with E-state index >= 15 is 0 Å². The highest BCUT2D eigenvalue weighted by atomic mass is 16.5. The number of methoxy groups -OCH3 is 1. The predicted molar refractivity (Wildman–Crippen MR) is 122 cm³/mol. The van der Waals surface area contributed by atoms with Crippen LogP contribution in [0.25, 0.3) is 22.0 Å². The summed E-state index contributed by atoms with van der Waals surface area (Å²) in [6.07, 6.45) is 2.42. The maximum Gasteiger partial charge on any atom is 0.339 e. The van der Waals surface area contributed by atoms with Crippen LogP contribution in [-0.2, 0) is 11.2 Å². The Hall–Kier alpha value is -3.61. The molecule has 0 spiro atoms. The molecule has 1 atom stereocenters. The molecule has 1 amide bonds. The molecule has 164 valence electrons. The van der Waals surface area contributed by atoms with Crippen molar-refractivity contribution >= 4 is 27.9 Å². The summed E-state index contributed by atoms with van der Waals surface area (Å²) < 4.78 is 10.7. The van der Waals surface area contributed by atoms with E-state index < -0.39 is 5.63 Å². The molecule has 32 heavy (non-hydrogen) atoms. The van der Waals surface area contributed by atoms with Gasteiger partial charge < -0.3 is 19.0 Å². The fraction of sp³-hybridized carbons (Fsp3) is 0.320. The van der Waals surface area contributed by atoms with Crippen molar-refractivity contribution in [1.82, 2.24) is 14.9 Å². The number of benzene rings is 2. The van der Waals surface area contributed by atoms with Gasteiger partial charge >= 0.3 is 5.63 Å². The van der Waals surface area contributed by atoms with Crippen LogP contribution in [0.15, 0.2) is 51.7 Å². The van der Waals surface area contributed by atoms with Crippen molar-refractivity contribution in [1.29, 1.82) is 0 Å². The minimum Gasteiger partial charge on any atom is -0.497 e. The summed E-state index contributed by atoms with van der Waals surface area (Å²) in [5.41, 5.74) is 3.38. The van der Waals surface area contributed by atoms with Gasteiger partial charge in [-0.3, -0.25) is 4.79 Å². The van der Waals surface area contributed by atoms with E-state index in [-0.39, 0.29) is 18.4 Å². The molecule has 1 aliphatic heterocycles. The number of likely N-dealkylation sites (tertiary alicyclic amines) is 1. The zero-order chi connectivity index (χ0) is 22.2. The van der Waals surface area contributed by atoms with Crippen molar-refractivity contribution in [3.05, 3.63) is 69.8 Å². The number of fused-ring (bicyclic) bond motifs is 2. The van der Waals surface area contributed by atoms with E-state index in [4.69, 9.17) is 14.1 Å². The number of nitrogens with zero attached hydrogens (tertiary/aromatic N) is 2. The van der Waals surface area contributed by atoms with E-state index in [1.165, 1.54) is 0 Å². The molecular weight excluding hydrogens is 406 g/mol. The van der Waals surface area contributed by atoms with Gasteiger partial charge in [0.15, 0.2) is 0 Å². The van der Waals surface area contributed by atoms with Gasteiger partial charge in [0.2, 0.25) is 5.91 Å². The number of aromatic nitrogens is 2. The smallest absolute Gasteiger partial charge is 0.339 e. The van der Waals surface area contributed by atoms with Crippen molar-refractivity contribution in [2.75, 3.05) is 13.7 Å². The van der Waals surface area contributed by atoms with Gasteiger partial charge in [-0.15, -0.1) is 0 Å². The van der Waals surface area contributed by atoms with Crippen molar-refractivity contribution in [3.8, 4) is 5.75 Å². The van der Waals surface area contributed by atoms with Crippen molar-refractivity contribution in [3.63, 3.8) is 0 Å². The zero-order valence-corrected chi connectivity index (χ0v) is 18.2. The fourth-order valence-corrected chi connectivity index (χ4v) is 4.65. The minimum atomic E-state index is -0.397. The molecule has 2 aromatic carbocycles. The summed E-state index contributed by atoms with van der Waals surface area (Å²) >= 11 is 0. The number of carbonyl (C=O) groups excluding carboxylic acids is 1. The van der Waals surface area contributed by atoms with Crippen molar-refractivity contribution in [2.24, 2.45) is 0 Å². The first-order valence-electron chi connectivity index (χ1n) is 10.9. The second-order valence-corrected chi connectivity index (χ2v) is 8.24. The number of aryl methyl sites for hydroxylation is 1.